The molecule has 3 fully saturated rings. The summed E-state index contributed by atoms with van der Waals surface area (Å²) in [4.78, 5) is 0. The Hall–Kier alpha value is -0.560. The predicted octanol–water partition coefficient (Wildman–Crippen LogP) is 7.17. The summed E-state index contributed by atoms with van der Waals surface area (Å²) >= 11 is 0. The minimum Gasteiger partial charge on any atom is -0.396 e. The third kappa shape index (κ3) is 3.34. The second kappa shape index (κ2) is 7.93. The zero-order valence-corrected chi connectivity index (χ0v) is 18.9. The Bertz CT molecular complexity index is 618. The van der Waals surface area contributed by atoms with Gasteiger partial charge in [0.2, 0.25) is 0 Å². The van der Waals surface area contributed by atoms with Crippen LogP contribution in [-0.2, 0) is 0 Å². The average Bonchev–Trinajstić information content (AvgIpc) is 3.04. The lowest BCUT2D eigenvalue weighted by Crippen LogP contribution is -2.50. The summed E-state index contributed by atoms with van der Waals surface area (Å²) in [6.45, 7) is 10.2. The zero-order valence-electron chi connectivity index (χ0n) is 18.9. The summed E-state index contributed by atoms with van der Waals surface area (Å²) in [6.07, 6.45) is 21.5. The number of hydrogen-bond donors (Lipinski definition) is 1. The van der Waals surface area contributed by atoms with Crippen molar-refractivity contribution in [3.63, 3.8) is 0 Å². The van der Waals surface area contributed by atoms with E-state index >= 15 is 0 Å². The number of allylic oxidation sites excluding steroid dienone is 3. The van der Waals surface area contributed by atoms with Gasteiger partial charge in [0.25, 0.3) is 0 Å². The summed E-state index contributed by atoms with van der Waals surface area (Å²) in [6, 6.07) is 0. The Kier molecular flexibility index (Phi) is 5.87. The SMILES string of the molecule is CC(C=CC[C@@H](C)[C@H]1CC[C@H]2[C@@H]3CC=C4CCCC[C@]4(C)[C@H]3CC[C@]12C)CO. The summed E-state index contributed by atoms with van der Waals surface area (Å²) in [7, 11) is 0. The predicted molar refractivity (Wildman–Crippen MR) is 119 cm³/mol. The van der Waals surface area contributed by atoms with Gasteiger partial charge in [0.1, 0.15) is 0 Å². The van der Waals surface area contributed by atoms with Crippen molar-refractivity contribution in [2.75, 3.05) is 6.61 Å². The fourth-order valence-corrected chi connectivity index (χ4v) is 8.42. The van der Waals surface area contributed by atoms with E-state index in [1.54, 1.807) is 0 Å². The monoisotopic (exact) mass is 384 g/mol. The van der Waals surface area contributed by atoms with Crippen LogP contribution in [0, 0.1) is 46.3 Å². The van der Waals surface area contributed by atoms with Gasteiger partial charge in [0.15, 0.2) is 0 Å². The molecule has 1 nitrogen and oxygen atoms in total. The highest BCUT2D eigenvalue weighted by Crippen LogP contribution is 2.67. The van der Waals surface area contributed by atoms with Crippen LogP contribution in [0.3, 0.4) is 0 Å². The second-order valence-electron chi connectivity index (χ2n) is 11.5. The molecule has 1 N–H and O–H groups in total. The van der Waals surface area contributed by atoms with Crippen molar-refractivity contribution < 1.29 is 5.11 Å². The molecule has 0 spiro atoms. The molecule has 0 bridgehead atoms. The van der Waals surface area contributed by atoms with Gasteiger partial charge in [-0.05, 0) is 104 Å². The van der Waals surface area contributed by atoms with Gasteiger partial charge < -0.3 is 5.11 Å². The molecule has 3 saturated carbocycles. The standard InChI is InChI=1S/C27H44O/c1-19(18-28)8-7-9-20(2)23-13-14-24-22-12-11-21-10-5-6-16-26(21,3)25(22)15-17-27(23,24)4/h7-8,11,19-20,22-25,28H,5-6,9-10,12-18H2,1-4H3/t19?,20-,22+,23-,24+,25+,26+,27-/m1/s1. The van der Waals surface area contributed by atoms with Crippen molar-refractivity contribution in [3.05, 3.63) is 23.8 Å². The quantitative estimate of drug-likeness (QED) is 0.498. The lowest BCUT2D eigenvalue weighted by atomic mass is 9.47. The number of rotatable bonds is 5. The molecule has 0 aliphatic heterocycles. The topological polar surface area (TPSA) is 20.2 Å². The summed E-state index contributed by atoms with van der Waals surface area (Å²) in [5, 5.41) is 9.26. The fraction of sp³-hybridized carbons (Fsp3) is 0.852. The molecule has 8 atom stereocenters. The number of aliphatic hydroxyl groups is 1. The van der Waals surface area contributed by atoms with E-state index in [2.05, 4.69) is 45.9 Å². The van der Waals surface area contributed by atoms with Gasteiger partial charge in [0, 0.05) is 6.61 Å². The second-order valence-corrected chi connectivity index (χ2v) is 11.5. The first-order valence-corrected chi connectivity index (χ1v) is 12.4. The molecular formula is C27H44O. The van der Waals surface area contributed by atoms with Crippen molar-refractivity contribution in [2.24, 2.45) is 46.3 Å². The fourth-order valence-electron chi connectivity index (χ4n) is 8.42. The molecule has 0 heterocycles. The molecule has 158 valence electrons. The van der Waals surface area contributed by atoms with Crippen molar-refractivity contribution >= 4 is 0 Å². The number of hydrogen-bond acceptors (Lipinski definition) is 1. The van der Waals surface area contributed by atoms with E-state index in [1.807, 2.05) is 5.57 Å². The Morgan fingerprint density at radius 3 is 2.71 bits per heavy atom. The smallest absolute Gasteiger partial charge is 0.0491 e. The highest BCUT2D eigenvalue weighted by Gasteiger charge is 2.58. The van der Waals surface area contributed by atoms with Crippen molar-refractivity contribution in [1.29, 1.82) is 0 Å². The molecule has 1 heteroatoms. The number of aliphatic hydroxyl groups excluding tert-OH is 1. The molecule has 0 amide bonds. The van der Waals surface area contributed by atoms with Crippen molar-refractivity contribution in [2.45, 2.75) is 91.9 Å². The Morgan fingerprint density at radius 1 is 1.11 bits per heavy atom. The molecule has 0 aromatic carbocycles. The Labute approximate surface area is 174 Å². The van der Waals surface area contributed by atoms with Crippen molar-refractivity contribution in [3.8, 4) is 0 Å². The van der Waals surface area contributed by atoms with Gasteiger partial charge in [-0.3, -0.25) is 0 Å². The molecule has 4 aliphatic carbocycles. The Morgan fingerprint density at radius 2 is 1.93 bits per heavy atom. The molecule has 0 aromatic rings. The largest absolute Gasteiger partial charge is 0.396 e. The molecule has 28 heavy (non-hydrogen) atoms. The highest BCUT2D eigenvalue weighted by atomic mass is 16.3. The van der Waals surface area contributed by atoms with E-state index in [9.17, 15) is 5.11 Å². The number of fused-ring (bicyclic) bond motifs is 5. The minimum absolute atomic E-state index is 0.269. The van der Waals surface area contributed by atoms with E-state index < -0.39 is 0 Å². The van der Waals surface area contributed by atoms with E-state index in [-0.39, 0.29) is 6.61 Å². The third-order valence-electron chi connectivity index (χ3n) is 10.0. The maximum Gasteiger partial charge on any atom is 0.0491 e. The normalized spacial score (nSPS) is 45.1. The van der Waals surface area contributed by atoms with Crippen LogP contribution in [0.25, 0.3) is 0 Å². The molecule has 0 aromatic heterocycles. The van der Waals surface area contributed by atoms with Crippen LogP contribution in [0.1, 0.15) is 91.9 Å². The van der Waals surface area contributed by atoms with Crippen LogP contribution in [-0.4, -0.2) is 11.7 Å². The lowest BCUT2D eigenvalue weighted by Gasteiger charge is -2.58. The van der Waals surface area contributed by atoms with Crippen LogP contribution < -0.4 is 0 Å². The van der Waals surface area contributed by atoms with Crippen molar-refractivity contribution in [1.82, 2.24) is 0 Å². The van der Waals surface area contributed by atoms with Gasteiger partial charge in [0.05, 0.1) is 0 Å². The summed E-state index contributed by atoms with van der Waals surface area (Å²) in [5.74, 6) is 4.83. The molecular weight excluding hydrogens is 340 g/mol. The van der Waals surface area contributed by atoms with Crippen LogP contribution in [0.4, 0.5) is 0 Å². The molecule has 0 radical (unpaired) electrons. The zero-order chi connectivity index (χ0) is 19.9. The van der Waals surface area contributed by atoms with Gasteiger partial charge in [-0.15, -0.1) is 0 Å². The third-order valence-corrected chi connectivity index (χ3v) is 10.0. The van der Waals surface area contributed by atoms with Crippen LogP contribution >= 0.6 is 0 Å². The molecule has 0 saturated heterocycles. The van der Waals surface area contributed by atoms with Gasteiger partial charge >= 0.3 is 0 Å². The van der Waals surface area contributed by atoms with Crippen LogP contribution in [0.5, 0.6) is 0 Å². The average molecular weight is 385 g/mol. The first kappa shape index (κ1) is 20.7. The maximum absolute atomic E-state index is 9.26. The van der Waals surface area contributed by atoms with Crippen LogP contribution in [0.2, 0.25) is 0 Å². The lowest BCUT2D eigenvalue weighted by molar-refractivity contribution is -0.0491. The van der Waals surface area contributed by atoms with Gasteiger partial charge in [-0.2, -0.15) is 0 Å². The Balaban J connectivity index is 1.49. The molecule has 1 unspecified atom stereocenters. The first-order valence-electron chi connectivity index (χ1n) is 12.4. The minimum atomic E-state index is 0.269. The van der Waals surface area contributed by atoms with Gasteiger partial charge in [-0.1, -0.05) is 57.9 Å². The van der Waals surface area contributed by atoms with Gasteiger partial charge in [-0.25, -0.2) is 0 Å². The van der Waals surface area contributed by atoms with Crippen LogP contribution in [0.15, 0.2) is 23.8 Å². The molecule has 4 rings (SSSR count). The summed E-state index contributed by atoms with van der Waals surface area (Å²) < 4.78 is 0. The van der Waals surface area contributed by atoms with E-state index in [1.165, 1.54) is 64.2 Å². The highest BCUT2D eigenvalue weighted by molar-refractivity contribution is 5.24. The summed E-state index contributed by atoms with van der Waals surface area (Å²) in [5.41, 5.74) is 2.94. The van der Waals surface area contributed by atoms with E-state index in [0.29, 0.717) is 16.7 Å². The molecule has 4 aliphatic rings. The first-order chi connectivity index (χ1) is 13.4. The maximum atomic E-state index is 9.26. The van der Waals surface area contributed by atoms with E-state index in [0.717, 1.165) is 29.6 Å². The van der Waals surface area contributed by atoms with E-state index in [4.69, 9.17) is 0 Å².